The molecule has 1 unspecified atom stereocenters. The molecule has 0 aliphatic carbocycles. The summed E-state index contributed by atoms with van der Waals surface area (Å²) in [7, 11) is 4.77. The summed E-state index contributed by atoms with van der Waals surface area (Å²) in [5.41, 5.74) is 6.03. The number of hydrogen-bond acceptors (Lipinski definition) is 11. The summed E-state index contributed by atoms with van der Waals surface area (Å²) in [5.74, 6) is 3.73. The Bertz CT molecular complexity index is 1740. The molecule has 1 N–H and O–H groups in total. The first kappa shape index (κ1) is 55.2. The van der Waals surface area contributed by atoms with Crippen LogP contribution in [0.1, 0.15) is 111 Å². The summed E-state index contributed by atoms with van der Waals surface area (Å²) >= 11 is 1.41. The number of allylic oxidation sites excluding steroid dienone is 1. The molecule has 2 aromatic carbocycles. The minimum absolute atomic E-state index is 0.301. The zero-order valence-corrected chi connectivity index (χ0v) is 39.4. The van der Waals surface area contributed by atoms with Crippen molar-refractivity contribution in [2.24, 2.45) is 0 Å². The zero-order valence-electron chi connectivity index (χ0n) is 38.6. The van der Waals surface area contributed by atoms with Gasteiger partial charge in [0, 0.05) is 30.8 Å². The lowest BCUT2D eigenvalue weighted by Crippen LogP contribution is -2.14. The van der Waals surface area contributed by atoms with E-state index < -0.39 is 0 Å². The van der Waals surface area contributed by atoms with Gasteiger partial charge in [-0.15, -0.1) is 16.8 Å². The average Bonchev–Trinajstić information content (AvgIpc) is 3.68. The van der Waals surface area contributed by atoms with Gasteiger partial charge >= 0.3 is 0 Å². The normalized spacial score (nSPS) is 9.81. The molecule has 0 spiro atoms. The topological polar surface area (TPSA) is 118 Å². The molecule has 58 heavy (non-hydrogen) atoms. The summed E-state index contributed by atoms with van der Waals surface area (Å²) < 4.78 is 27.9. The Hall–Kier alpha value is -4.94. The fourth-order valence-electron chi connectivity index (χ4n) is 4.45. The number of aromatic nitrogens is 6. The van der Waals surface area contributed by atoms with Crippen molar-refractivity contribution >= 4 is 17.9 Å². The third-order valence-electron chi connectivity index (χ3n) is 6.63. The molecule has 0 amide bonds. The molecule has 3 heterocycles. The minimum Gasteiger partial charge on any atom is -0.494 e. The number of pyridine rings is 1. The van der Waals surface area contributed by atoms with Crippen LogP contribution in [0.2, 0.25) is 0 Å². The van der Waals surface area contributed by atoms with E-state index in [1.54, 1.807) is 39.8 Å². The van der Waals surface area contributed by atoms with Gasteiger partial charge in [0.15, 0.2) is 11.6 Å². The largest absolute Gasteiger partial charge is 0.494 e. The highest BCUT2D eigenvalue weighted by atomic mass is 32.2. The summed E-state index contributed by atoms with van der Waals surface area (Å²) in [6.45, 7) is 32.3. The van der Waals surface area contributed by atoms with E-state index in [1.807, 2.05) is 111 Å². The van der Waals surface area contributed by atoms with Gasteiger partial charge in [-0.2, -0.15) is 0 Å². The summed E-state index contributed by atoms with van der Waals surface area (Å²) in [5, 5.41) is 8.89. The number of rotatable bonds is 13. The van der Waals surface area contributed by atoms with Crippen LogP contribution in [0.5, 0.6) is 17.4 Å². The lowest BCUT2D eigenvalue weighted by atomic mass is 10.2. The van der Waals surface area contributed by atoms with Crippen molar-refractivity contribution in [1.29, 1.82) is 0 Å². The van der Waals surface area contributed by atoms with Crippen LogP contribution >= 0.6 is 11.9 Å². The van der Waals surface area contributed by atoms with Crippen LogP contribution in [0.25, 0.3) is 17.2 Å². The lowest BCUT2D eigenvalue weighted by molar-refractivity contribution is 0.0635. The first-order valence-corrected chi connectivity index (χ1v) is 21.2. The highest BCUT2D eigenvalue weighted by Gasteiger charge is 2.24. The molecule has 0 aliphatic heterocycles. The smallest absolute Gasteiger partial charge is 0.239 e. The van der Waals surface area contributed by atoms with Gasteiger partial charge in [0.05, 0.1) is 21.3 Å². The number of nitrogens with zero attached hydrogens (tertiary/aromatic N) is 6. The van der Waals surface area contributed by atoms with Gasteiger partial charge in [0.2, 0.25) is 11.8 Å². The van der Waals surface area contributed by atoms with E-state index in [2.05, 4.69) is 81.5 Å². The Morgan fingerprint density at radius 1 is 0.741 bits per heavy atom. The second kappa shape index (κ2) is 34.1. The molecule has 0 aliphatic rings. The molecule has 3 aromatic heterocycles. The number of aryl methyl sites for hydroxylation is 3. The molecular formula is C46H73N7O4S. The van der Waals surface area contributed by atoms with E-state index in [4.69, 9.17) is 18.9 Å². The zero-order chi connectivity index (χ0) is 44.5. The van der Waals surface area contributed by atoms with Gasteiger partial charge < -0.3 is 18.9 Å². The molecule has 5 aromatic rings. The Morgan fingerprint density at radius 3 is 1.72 bits per heavy atom. The molecule has 0 radical (unpaired) electrons. The molecule has 1 atom stereocenters. The van der Waals surface area contributed by atoms with Crippen LogP contribution < -0.4 is 18.9 Å². The maximum atomic E-state index is 6.05. The molecule has 11 nitrogen and oxygen atoms in total. The number of ether oxygens (including phenoxy) is 4. The van der Waals surface area contributed by atoms with Crippen molar-refractivity contribution in [3.8, 4) is 34.6 Å². The predicted molar refractivity (Wildman–Crippen MR) is 248 cm³/mol. The van der Waals surface area contributed by atoms with Gasteiger partial charge in [-0.3, -0.25) is 9.29 Å². The van der Waals surface area contributed by atoms with E-state index in [0.29, 0.717) is 58.7 Å². The van der Waals surface area contributed by atoms with Crippen LogP contribution in [0.3, 0.4) is 0 Å². The maximum absolute atomic E-state index is 6.05. The third-order valence-corrected chi connectivity index (χ3v) is 7.43. The monoisotopic (exact) mass is 820 g/mol. The molecule has 322 valence electrons. The Kier molecular flexibility index (Phi) is 32.5. The second-order valence-electron chi connectivity index (χ2n) is 11.5. The first-order valence-electron chi connectivity index (χ1n) is 20.2. The SMILES string of the molecule is C=C(C)C.CC.CC.CC.CC.CCCOC(CSNc1nnc(-c2cccc(OC)n2)n1-c1c(OC)cccc1OC)c1ncc(C)cn1.Cc1cccc(C)c1. The van der Waals surface area contributed by atoms with Crippen LogP contribution in [0.4, 0.5) is 5.95 Å². The van der Waals surface area contributed by atoms with Gasteiger partial charge in [-0.25, -0.2) is 15.0 Å². The number of para-hydroxylation sites is 1. The van der Waals surface area contributed by atoms with E-state index in [0.717, 1.165) is 12.0 Å². The van der Waals surface area contributed by atoms with Crippen molar-refractivity contribution < 1.29 is 18.9 Å². The van der Waals surface area contributed by atoms with Crippen LogP contribution in [0.15, 0.2) is 85.2 Å². The van der Waals surface area contributed by atoms with Gasteiger partial charge in [0.25, 0.3) is 0 Å². The fourth-order valence-corrected chi connectivity index (χ4v) is 5.19. The Labute approximate surface area is 355 Å². The molecular weight excluding hydrogens is 747 g/mol. The maximum Gasteiger partial charge on any atom is 0.239 e. The number of nitrogens with one attached hydrogen (secondary N) is 1. The molecule has 12 heteroatoms. The fraction of sp³-hybridized carbons (Fsp3) is 0.457. The highest BCUT2D eigenvalue weighted by Crippen LogP contribution is 2.38. The van der Waals surface area contributed by atoms with Crippen LogP contribution in [-0.2, 0) is 4.74 Å². The van der Waals surface area contributed by atoms with E-state index in [1.165, 1.54) is 28.6 Å². The first-order chi connectivity index (χ1) is 28.1. The molecule has 0 saturated heterocycles. The lowest BCUT2D eigenvalue weighted by Gasteiger charge is -2.18. The Balaban J connectivity index is 0. The molecule has 0 bridgehead atoms. The number of anilines is 1. The summed E-state index contributed by atoms with van der Waals surface area (Å²) in [6, 6.07) is 19.5. The molecule has 5 rings (SSSR count). The summed E-state index contributed by atoms with van der Waals surface area (Å²) in [6.07, 6.45) is 4.17. The van der Waals surface area contributed by atoms with E-state index in [9.17, 15) is 0 Å². The van der Waals surface area contributed by atoms with Crippen molar-refractivity contribution in [3.05, 3.63) is 108 Å². The molecule has 0 saturated carbocycles. The number of benzene rings is 2. The predicted octanol–water partition coefficient (Wildman–Crippen LogP) is 12.7. The quantitative estimate of drug-likeness (QED) is 0.0903. The third kappa shape index (κ3) is 20.0. The van der Waals surface area contributed by atoms with Crippen LogP contribution in [0, 0.1) is 20.8 Å². The van der Waals surface area contributed by atoms with Gasteiger partial charge in [-0.1, -0.05) is 115 Å². The standard InChI is InChI=1S/C26H31N7O4S.C8H10.C4H8.4C2H6/c1-6-13-37-21(24-27-14-17(2)15-28-24)16-38-32-26-31-30-25(18-9-7-12-22(29-18)36-5)33(26)23-19(34-3)10-8-11-20(23)35-4;1-7-4-3-5-8(2)6-7;1-4(2)3;4*1-2/h7-12,14-15,21H,6,13,16H2,1-5H3,(H,31,32);3-6H,1-2H3;1H2,2-3H3;4*1-2H3. The molecule has 0 fully saturated rings. The Morgan fingerprint density at radius 2 is 1.26 bits per heavy atom. The average molecular weight is 820 g/mol. The van der Waals surface area contributed by atoms with Crippen molar-refractivity contribution in [1.82, 2.24) is 29.7 Å². The van der Waals surface area contributed by atoms with Gasteiger partial charge in [-0.05, 0) is 76.7 Å². The van der Waals surface area contributed by atoms with Crippen molar-refractivity contribution in [2.75, 3.05) is 38.4 Å². The van der Waals surface area contributed by atoms with Gasteiger partial charge in [0.1, 0.15) is 29.0 Å². The minimum atomic E-state index is -0.301. The van der Waals surface area contributed by atoms with Crippen LogP contribution in [-0.4, -0.2) is 63.4 Å². The second-order valence-corrected chi connectivity index (χ2v) is 12.3. The highest BCUT2D eigenvalue weighted by molar-refractivity contribution is 8.00. The number of hydrogen-bond donors (Lipinski definition) is 1. The number of methoxy groups -OCH3 is 3. The van der Waals surface area contributed by atoms with E-state index >= 15 is 0 Å². The van der Waals surface area contributed by atoms with Crippen molar-refractivity contribution in [2.45, 2.75) is 109 Å². The van der Waals surface area contributed by atoms with Crippen molar-refractivity contribution in [3.63, 3.8) is 0 Å². The summed E-state index contributed by atoms with van der Waals surface area (Å²) in [4.78, 5) is 13.5. The van der Waals surface area contributed by atoms with E-state index in [-0.39, 0.29) is 6.10 Å².